The Morgan fingerprint density at radius 2 is 1.71 bits per heavy atom. The van der Waals surface area contributed by atoms with Crippen LogP contribution in [0.2, 0.25) is 0 Å². The van der Waals surface area contributed by atoms with Crippen LogP contribution in [0.1, 0.15) is 28.4 Å². The van der Waals surface area contributed by atoms with Gasteiger partial charge in [-0.2, -0.15) is 0 Å². The first kappa shape index (κ1) is 21.8. The molecule has 3 N–H and O–H groups in total. The number of rotatable bonds is 5. The third-order valence-electron chi connectivity index (χ3n) is 4.16. The first-order valence-electron chi connectivity index (χ1n) is 8.65. The summed E-state index contributed by atoms with van der Waals surface area (Å²) < 4.78 is 25.3. The van der Waals surface area contributed by atoms with Gasteiger partial charge in [0.05, 0.1) is 4.90 Å². The second kappa shape index (κ2) is 9.13. The molecule has 28 heavy (non-hydrogen) atoms. The largest absolute Gasteiger partial charge is 0.331 e. The Morgan fingerprint density at radius 1 is 1.07 bits per heavy atom. The van der Waals surface area contributed by atoms with E-state index < -0.39 is 15.9 Å². The zero-order chi connectivity index (χ0) is 20.9. The lowest BCUT2D eigenvalue weighted by Crippen LogP contribution is -2.44. The molecule has 0 unspecified atom stereocenters. The van der Waals surface area contributed by atoms with Crippen molar-refractivity contribution in [1.82, 2.24) is 15.2 Å². The number of benzene rings is 2. The van der Waals surface area contributed by atoms with Crippen molar-refractivity contribution in [1.29, 1.82) is 0 Å². The van der Waals surface area contributed by atoms with Gasteiger partial charge in [-0.15, -0.1) is 0 Å². The fourth-order valence-corrected chi connectivity index (χ4v) is 3.58. The molecule has 0 saturated heterocycles. The summed E-state index contributed by atoms with van der Waals surface area (Å²) in [5.41, 5.74) is 8.55. The number of para-hydroxylation sites is 1. The summed E-state index contributed by atoms with van der Waals surface area (Å²) >= 11 is 5.25. The maximum absolute atomic E-state index is 12.3. The van der Waals surface area contributed by atoms with Gasteiger partial charge in [-0.05, 0) is 61.0 Å². The fraction of sp³-hybridized carbons (Fsp3) is 0.263. The Morgan fingerprint density at radius 3 is 2.29 bits per heavy atom. The summed E-state index contributed by atoms with van der Waals surface area (Å²) in [4.78, 5) is 12.4. The maximum Gasteiger partial charge on any atom is 0.269 e. The highest BCUT2D eigenvalue weighted by molar-refractivity contribution is 7.89. The van der Waals surface area contributed by atoms with E-state index in [0.717, 1.165) is 27.5 Å². The van der Waals surface area contributed by atoms with Crippen LogP contribution in [0.4, 0.5) is 5.69 Å². The second-order valence-corrected chi connectivity index (χ2v) is 8.87. The van der Waals surface area contributed by atoms with Crippen molar-refractivity contribution < 1.29 is 13.2 Å². The molecule has 0 saturated carbocycles. The van der Waals surface area contributed by atoms with E-state index in [1.165, 1.54) is 38.4 Å². The van der Waals surface area contributed by atoms with Crippen LogP contribution < -0.4 is 16.2 Å². The van der Waals surface area contributed by atoms with Crippen molar-refractivity contribution in [3.05, 3.63) is 59.2 Å². The number of hydrogen-bond acceptors (Lipinski definition) is 4. The van der Waals surface area contributed by atoms with Gasteiger partial charge in [0.25, 0.3) is 5.91 Å². The number of sulfonamides is 1. The molecule has 1 amide bonds. The fourth-order valence-electron chi connectivity index (χ4n) is 2.52. The van der Waals surface area contributed by atoms with Gasteiger partial charge in [-0.3, -0.25) is 15.6 Å². The molecular weight excluding hydrogens is 396 g/mol. The highest BCUT2D eigenvalue weighted by Crippen LogP contribution is 2.20. The lowest BCUT2D eigenvalue weighted by molar-refractivity contribution is 0.0944. The number of carbonyl (C=O) groups is 1. The van der Waals surface area contributed by atoms with E-state index in [1.54, 1.807) is 0 Å². The second-order valence-electron chi connectivity index (χ2n) is 6.31. The number of aryl methyl sites for hydroxylation is 2. The van der Waals surface area contributed by atoms with Crippen LogP contribution in [0.5, 0.6) is 0 Å². The molecule has 150 valence electrons. The average Bonchev–Trinajstić information content (AvgIpc) is 2.67. The topological polar surface area (TPSA) is 90.5 Å². The summed E-state index contributed by atoms with van der Waals surface area (Å²) in [6, 6.07) is 11.6. The number of nitrogens with zero attached hydrogens (tertiary/aromatic N) is 1. The van der Waals surface area contributed by atoms with Crippen LogP contribution in [0.15, 0.2) is 47.4 Å². The van der Waals surface area contributed by atoms with Gasteiger partial charge in [0, 0.05) is 25.3 Å². The van der Waals surface area contributed by atoms with E-state index in [4.69, 9.17) is 12.2 Å². The van der Waals surface area contributed by atoms with Gasteiger partial charge < -0.3 is 5.32 Å². The average molecular weight is 421 g/mol. The maximum atomic E-state index is 12.3. The molecule has 2 aromatic carbocycles. The quantitative estimate of drug-likeness (QED) is 0.508. The van der Waals surface area contributed by atoms with Crippen molar-refractivity contribution in [2.24, 2.45) is 0 Å². The van der Waals surface area contributed by atoms with E-state index in [1.807, 2.05) is 25.1 Å². The number of carbonyl (C=O) groups excluding carboxylic acids is 1. The first-order chi connectivity index (χ1) is 13.2. The minimum Gasteiger partial charge on any atom is -0.331 e. The van der Waals surface area contributed by atoms with E-state index in [-0.39, 0.29) is 10.0 Å². The number of hydrazine groups is 1. The Labute approximate surface area is 171 Å². The van der Waals surface area contributed by atoms with Gasteiger partial charge in [0.2, 0.25) is 10.0 Å². The minimum absolute atomic E-state index is 0.117. The van der Waals surface area contributed by atoms with Crippen LogP contribution >= 0.6 is 12.2 Å². The van der Waals surface area contributed by atoms with Gasteiger partial charge in [0.15, 0.2) is 5.11 Å². The van der Waals surface area contributed by atoms with Gasteiger partial charge in [-0.1, -0.05) is 25.1 Å². The van der Waals surface area contributed by atoms with E-state index >= 15 is 0 Å². The number of nitrogens with one attached hydrogen (secondary N) is 3. The molecule has 0 heterocycles. The zero-order valence-corrected chi connectivity index (χ0v) is 17.9. The molecule has 7 nitrogen and oxygen atoms in total. The predicted octanol–water partition coefficient (Wildman–Crippen LogP) is 2.44. The molecule has 9 heteroatoms. The van der Waals surface area contributed by atoms with Crippen molar-refractivity contribution in [2.45, 2.75) is 25.2 Å². The summed E-state index contributed by atoms with van der Waals surface area (Å²) in [7, 11) is -0.634. The lowest BCUT2D eigenvalue weighted by Gasteiger charge is -2.16. The Hall–Kier alpha value is -2.49. The first-order valence-corrected chi connectivity index (χ1v) is 10.5. The molecule has 0 spiro atoms. The van der Waals surface area contributed by atoms with Crippen molar-refractivity contribution in [2.75, 3.05) is 19.4 Å². The molecule has 0 atom stereocenters. The van der Waals surface area contributed by atoms with E-state index in [2.05, 4.69) is 23.1 Å². The molecule has 0 fully saturated rings. The van der Waals surface area contributed by atoms with Crippen LogP contribution in [-0.2, 0) is 16.4 Å². The smallest absolute Gasteiger partial charge is 0.269 e. The summed E-state index contributed by atoms with van der Waals surface area (Å²) in [6.07, 6.45) is 0.848. The summed E-state index contributed by atoms with van der Waals surface area (Å²) in [6.45, 7) is 4.03. The van der Waals surface area contributed by atoms with Crippen LogP contribution in [0.25, 0.3) is 0 Å². The number of thiocarbonyl (C=S) groups is 1. The standard InChI is InChI=1S/C19H24N4O3S2/c1-5-14-8-6-7-13(2)17(14)20-19(27)22-21-18(24)15-9-11-16(12-10-15)28(25,26)23(3)4/h6-12H,5H2,1-4H3,(H,21,24)(H2,20,22,27). The monoisotopic (exact) mass is 420 g/mol. The molecule has 0 aliphatic heterocycles. The van der Waals surface area contributed by atoms with E-state index in [9.17, 15) is 13.2 Å². The zero-order valence-electron chi connectivity index (χ0n) is 16.2. The van der Waals surface area contributed by atoms with Crippen LogP contribution in [0, 0.1) is 6.92 Å². The molecule has 0 radical (unpaired) electrons. The molecule has 2 rings (SSSR count). The van der Waals surface area contributed by atoms with Crippen molar-refractivity contribution in [3.63, 3.8) is 0 Å². The van der Waals surface area contributed by atoms with Gasteiger partial charge in [-0.25, -0.2) is 12.7 Å². The molecule has 0 aromatic heterocycles. The van der Waals surface area contributed by atoms with Crippen molar-refractivity contribution in [3.8, 4) is 0 Å². The molecule has 0 bridgehead atoms. The molecule has 0 aliphatic rings. The number of anilines is 1. The lowest BCUT2D eigenvalue weighted by atomic mass is 10.1. The van der Waals surface area contributed by atoms with Gasteiger partial charge >= 0.3 is 0 Å². The summed E-state index contributed by atoms with van der Waals surface area (Å²) in [5.74, 6) is -0.432. The van der Waals surface area contributed by atoms with E-state index in [0.29, 0.717) is 5.56 Å². The van der Waals surface area contributed by atoms with Crippen molar-refractivity contribution >= 4 is 38.9 Å². The predicted molar refractivity (Wildman–Crippen MR) is 115 cm³/mol. The van der Waals surface area contributed by atoms with Crippen LogP contribution in [-0.4, -0.2) is 37.8 Å². The van der Waals surface area contributed by atoms with Crippen LogP contribution in [0.3, 0.4) is 0 Å². The number of hydrogen-bond donors (Lipinski definition) is 3. The normalized spacial score (nSPS) is 11.2. The molecule has 2 aromatic rings. The number of amides is 1. The molecular formula is C19H24N4O3S2. The van der Waals surface area contributed by atoms with Gasteiger partial charge in [0.1, 0.15) is 0 Å². The Kier molecular flexibility index (Phi) is 7.11. The molecule has 0 aliphatic carbocycles. The highest BCUT2D eigenvalue weighted by Gasteiger charge is 2.17. The summed E-state index contributed by atoms with van der Waals surface area (Å²) in [5, 5.41) is 3.35. The highest BCUT2D eigenvalue weighted by atomic mass is 32.2. The minimum atomic E-state index is -3.54. The third-order valence-corrected chi connectivity index (χ3v) is 6.20. The third kappa shape index (κ3) is 5.06. The Balaban J connectivity index is 2.00. The Bertz CT molecular complexity index is 971. The SMILES string of the molecule is CCc1cccc(C)c1NC(=S)NNC(=O)c1ccc(S(=O)(=O)N(C)C)cc1.